The monoisotopic (exact) mass is 500 g/mol. The highest BCUT2D eigenvalue weighted by Gasteiger charge is 2.08. The molecule has 2 aromatic carbocycles. The van der Waals surface area contributed by atoms with Gasteiger partial charge in [0.2, 0.25) is 0 Å². The number of halogens is 2. The van der Waals surface area contributed by atoms with Crippen molar-refractivity contribution in [2.45, 2.75) is 6.54 Å². The first-order valence-electron chi connectivity index (χ1n) is 8.62. The van der Waals surface area contributed by atoms with E-state index < -0.39 is 0 Å². The lowest BCUT2D eigenvalue weighted by atomic mass is 10.2. The van der Waals surface area contributed by atoms with Gasteiger partial charge >= 0.3 is 0 Å². The maximum atomic E-state index is 13.0. The molecule has 0 unspecified atom stereocenters. The number of benzene rings is 2. The molecule has 0 heterocycles. The molecule has 0 aliphatic rings. The summed E-state index contributed by atoms with van der Waals surface area (Å²) in [5.74, 6) is 0.916. The molecule has 2 rings (SSSR count). The molecule has 0 saturated carbocycles. The Balaban J connectivity index is 0.00000392. The molecule has 0 aliphatic heterocycles. The summed E-state index contributed by atoms with van der Waals surface area (Å²) in [7, 11) is 5.15. The summed E-state index contributed by atoms with van der Waals surface area (Å²) in [6.45, 7) is 1.56. The number of nitrogens with zero attached hydrogens (tertiary/aromatic N) is 2. The van der Waals surface area contributed by atoms with E-state index in [0.29, 0.717) is 36.9 Å². The summed E-state index contributed by atoms with van der Waals surface area (Å²) in [4.78, 5) is 18.3. The molecule has 2 aromatic rings. The van der Waals surface area contributed by atoms with Crippen LogP contribution < -0.4 is 15.4 Å². The number of methoxy groups -OCH3 is 1. The van der Waals surface area contributed by atoms with Crippen LogP contribution in [0.3, 0.4) is 0 Å². The Morgan fingerprint density at radius 1 is 1.14 bits per heavy atom. The van der Waals surface area contributed by atoms with Crippen LogP contribution in [0.15, 0.2) is 53.5 Å². The van der Waals surface area contributed by atoms with Crippen molar-refractivity contribution in [3.8, 4) is 5.75 Å². The third kappa shape index (κ3) is 7.34. The normalized spacial score (nSPS) is 10.6. The molecular weight excluding hydrogens is 474 g/mol. The maximum absolute atomic E-state index is 13.0. The van der Waals surface area contributed by atoms with Crippen LogP contribution >= 0.6 is 24.0 Å². The predicted octanol–water partition coefficient (Wildman–Crippen LogP) is 2.89. The lowest BCUT2D eigenvalue weighted by molar-refractivity contribution is 0.0954. The highest BCUT2D eigenvalue weighted by molar-refractivity contribution is 14.0. The fourth-order valence-electron chi connectivity index (χ4n) is 2.54. The van der Waals surface area contributed by atoms with Crippen molar-refractivity contribution in [3.63, 3.8) is 0 Å². The SMILES string of the molecule is CN=C(NCCNC(=O)c1cccc(OC)c1)N(C)Cc1ccc(F)cc1.I. The minimum absolute atomic E-state index is 0. The van der Waals surface area contributed by atoms with Gasteiger partial charge in [0, 0.05) is 39.3 Å². The van der Waals surface area contributed by atoms with Crippen molar-refractivity contribution in [1.82, 2.24) is 15.5 Å². The summed E-state index contributed by atoms with van der Waals surface area (Å²) >= 11 is 0. The van der Waals surface area contributed by atoms with Crippen LogP contribution in [0, 0.1) is 5.82 Å². The van der Waals surface area contributed by atoms with Gasteiger partial charge in [0.15, 0.2) is 5.96 Å². The minimum Gasteiger partial charge on any atom is -0.497 e. The van der Waals surface area contributed by atoms with Gasteiger partial charge in [-0.15, -0.1) is 24.0 Å². The molecule has 0 aliphatic carbocycles. The van der Waals surface area contributed by atoms with Crippen molar-refractivity contribution in [1.29, 1.82) is 0 Å². The topological polar surface area (TPSA) is 66.0 Å². The number of nitrogens with one attached hydrogen (secondary N) is 2. The van der Waals surface area contributed by atoms with Crippen LogP contribution in [-0.2, 0) is 6.54 Å². The maximum Gasteiger partial charge on any atom is 0.251 e. The zero-order valence-corrected chi connectivity index (χ0v) is 18.6. The highest BCUT2D eigenvalue weighted by atomic mass is 127. The molecule has 152 valence electrons. The van der Waals surface area contributed by atoms with E-state index in [2.05, 4.69) is 15.6 Å². The van der Waals surface area contributed by atoms with Gasteiger partial charge in [0.25, 0.3) is 5.91 Å². The van der Waals surface area contributed by atoms with E-state index in [1.54, 1.807) is 50.6 Å². The zero-order chi connectivity index (χ0) is 19.6. The fourth-order valence-corrected chi connectivity index (χ4v) is 2.54. The van der Waals surface area contributed by atoms with Crippen molar-refractivity contribution < 1.29 is 13.9 Å². The molecule has 0 fully saturated rings. The van der Waals surface area contributed by atoms with Gasteiger partial charge in [-0.2, -0.15) is 0 Å². The number of hydrogen-bond acceptors (Lipinski definition) is 3. The second-order valence-corrected chi connectivity index (χ2v) is 5.94. The van der Waals surface area contributed by atoms with Crippen molar-refractivity contribution in [3.05, 3.63) is 65.5 Å². The van der Waals surface area contributed by atoms with E-state index in [-0.39, 0.29) is 35.7 Å². The van der Waals surface area contributed by atoms with Gasteiger partial charge in [-0.1, -0.05) is 18.2 Å². The van der Waals surface area contributed by atoms with Crippen molar-refractivity contribution >= 4 is 35.8 Å². The Hall–Kier alpha value is -2.36. The van der Waals surface area contributed by atoms with Gasteiger partial charge in [0.1, 0.15) is 11.6 Å². The smallest absolute Gasteiger partial charge is 0.251 e. The average molecular weight is 500 g/mol. The highest BCUT2D eigenvalue weighted by Crippen LogP contribution is 2.12. The molecule has 1 amide bonds. The van der Waals surface area contributed by atoms with Crippen molar-refractivity contribution in [2.24, 2.45) is 4.99 Å². The summed E-state index contributed by atoms with van der Waals surface area (Å²) in [6, 6.07) is 13.4. The lowest BCUT2D eigenvalue weighted by Crippen LogP contribution is -2.42. The first-order valence-corrected chi connectivity index (χ1v) is 8.62. The number of amides is 1. The molecule has 0 spiro atoms. The molecule has 28 heavy (non-hydrogen) atoms. The van der Waals surface area contributed by atoms with Crippen LogP contribution in [0.5, 0.6) is 5.75 Å². The third-order valence-corrected chi connectivity index (χ3v) is 3.93. The molecule has 2 N–H and O–H groups in total. The van der Waals surface area contributed by atoms with E-state index >= 15 is 0 Å². The number of carbonyl (C=O) groups excluding carboxylic acids is 1. The van der Waals surface area contributed by atoms with Gasteiger partial charge in [0.05, 0.1) is 7.11 Å². The second kappa shape index (κ2) is 12.2. The Morgan fingerprint density at radius 3 is 2.46 bits per heavy atom. The quantitative estimate of drug-likeness (QED) is 0.266. The van der Waals surface area contributed by atoms with E-state index in [1.807, 2.05) is 11.9 Å². The Bertz CT molecular complexity index is 784. The van der Waals surface area contributed by atoms with Crippen LogP contribution in [-0.4, -0.2) is 51.1 Å². The molecule has 0 atom stereocenters. The van der Waals surface area contributed by atoms with E-state index in [1.165, 1.54) is 12.1 Å². The van der Waals surface area contributed by atoms with Crippen LogP contribution in [0.2, 0.25) is 0 Å². The summed E-state index contributed by atoms with van der Waals surface area (Å²) in [6.07, 6.45) is 0. The number of guanidine groups is 1. The lowest BCUT2D eigenvalue weighted by Gasteiger charge is -2.22. The number of hydrogen-bond donors (Lipinski definition) is 2. The average Bonchev–Trinajstić information content (AvgIpc) is 2.69. The zero-order valence-electron chi connectivity index (χ0n) is 16.2. The summed E-state index contributed by atoms with van der Waals surface area (Å²) in [5.41, 5.74) is 1.53. The molecule has 8 heteroatoms. The number of carbonyl (C=O) groups is 1. The van der Waals surface area contributed by atoms with Gasteiger partial charge in [-0.05, 0) is 35.9 Å². The van der Waals surface area contributed by atoms with Crippen LogP contribution in [0.25, 0.3) is 0 Å². The standard InChI is InChI=1S/C20H25FN4O2.HI/c1-22-20(25(2)14-15-7-9-17(21)10-8-15)24-12-11-23-19(26)16-5-4-6-18(13-16)27-3;/h4-10,13H,11-12,14H2,1-3H3,(H,22,24)(H,23,26);1H. The predicted molar refractivity (Wildman–Crippen MR) is 120 cm³/mol. The molecular formula is C20H26FIN4O2. The first kappa shape index (κ1) is 23.7. The molecule has 0 radical (unpaired) electrons. The minimum atomic E-state index is -0.254. The fraction of sp³-hybridized carbons (Fsp3) is 0.300. The number of rotatable bonds is 7. The molecule has 0 saturated heterocycles. The largest absolute Gasteiger partial charge is 0.497 e. The van der Waals surface area contributed by atoms with Gasteiger partial charge in [-0.3, -0.25) is 9.79 Å². The third-order valence-electron chi connectivity index (χ3n) is 3.93. The molecule has 0 bridgehead atoms. The first-order chi connectivity index (χ1) is 13.0. The Morgan fingerprint density at radius 2 is 1.82 bits per heavy atom. The number of aliphatic imine (C=N–C) groups is 1. The second-order valence-electron chi connectivity index (χ2n) is 5.94. The van der Waals surface area contributed by atoms with Crippen molar-refractivity contribution in [2.75, 3.05) is 34.3 Å². The van der Waals surface area contributed by atoms with Crippen LogP contribution in [0.1, 0.15) is 15.9 Å². The summed E-state index contributed by atoms with van der Waals surface area (Å²) < 4.78 is 18.1. The van der Waals surface area contributed by atoms with E-state index in [9.17, 15) is 9.18 Å². The Labute approximate surface area is 182 Å². The number of ether oxygens (including phenoxy) is 1. The summed E-state index contributed by atoms with van der Waals surface area (Å²) in [5, 5.41) is 6.05. The van der Waals surface area contributed by atoms with Gasteiger partial charge in [-0.25, -0.2) is 4.39 Å². The van der Waals surface area contributed by atoms with Gasteiger partial charge < -0.3 is 20.3 Å². The Kier molecular flexibility index (Phi) is 10.3. The van der Waals surface area contributed by atoms with Crippen LogP contribution in [0.4, 0.5) is 4.39 Å². The van der Waals surface area contributed by atoms with E-state index in [0.717, 1.165) is 5.56 Å². The molecule has 0 aromatic heterocycles. The van der Waals surface area contributed by atoms with E-state index in [4.69, 9.17) is 4.74 Å². The molecule has 6 nitrogen and oxygen atoms in total.